The van der Waals surface area contributed by atoms with Crippen molar-refractivity contribution >= 4 is 22.5 Å². The molecule has 3 N–H and O–H groups in total. The van der Waals surface area contributed by atoms with Gasteiger partial charge in [0.25, 0.3) is 5.56 Å². The van der Waals surface area contributed by atoms with Crippen molar-refractivity contribution in [1.29, 1.82) is 0 Å². The summed E-state index contributed by atoms with van der Waals surface area (Å²) in [5, 5.41) is 8.06. The van der Waals surface area contributed by atoms with Gasteiger partial charge < -0.3 is 29.5 Å². The molecule has 1 unspecified atom stereocenters. The Morgan fingerprint density at radius 1 is 1.23 bits per heavy atom. The number of pyridine rings is 1. The lowest BCUT2D eigenvalue weighted by Gasteiger charge is -2.28. The lowest BCUT2D eigenvalue weighted by Crippen LogP contribution is -2.29. The van der Waals surface area contributed by atoms with Crippen molar-refractivity contribution in [3.8, 4) is 5.75 Å². The number of anilines is 2. The van der Waals surface area contributed by atoms with Gasteiger partial charge in [-0.2, -0.15) is 0 Å². The minimum Gasteiger partial charge on any atom is -0.497 e. The number of fused-ring (bicyclic) bond motifs is 2. The molecule has 0 amide bonds. The van der Waals surface area contributed by atoms with E-state index in [2.05, 4.69) is 32.3 Å². The van der Waals surface area contributed by atoms with Crippen LogP contribution in [0.2, 0.25) is 0 Å². The molecular formula is C22H24N6O2. The van der Waals surface area contributed by atoms with Gasteiger partial charge >= 0.3 is 0 Å². The van der Waals surface area contributed by atoms with Crippen molar-refractivity contribution in [2.45, 2.75) is 19.5 Å². The number of aryl methyl sites for hydroxylation is 2. The summed E-state index contributed by atoms with van der Waals surface area (Å²) in [7, 11) is 3.45. The molecule has 0 saturated heterocycles. The van der Waals surface area contributed by atoms with Crippen molar-refractivity contribution in [3.05, 3.63) is 70.0 Å². The second-order valence-electron chi connectivity index (χ2n) is 7.64. The Labute approximate surface area is 173 Å². The minimum atomic E-state index is -0.0244. The van der Waals surface area contributed by atoms with E-state index >= 15 is 0 Å². The van der Waals surface area contributed by atoms with Crippen LogP contribution in [0.5, 0.6) is 5.75 Å². The molecule has 4 aromatic rings. The number of methoxy groups -OCH3 is 1. The van der Waals surface area contributed by atoms with Crippen LogP contribution in [0.15, 0.2) is 47.5 Å². The number of rotatable bonds is 4. The average molecular weight is 404 g/mol. The maximum atomic E-state index is 12.4. The van der Waals surface area contributed by atoms with Crippen molar-refractivity contribution in [1.82, 2.24) is 19.1 Å². The van der Waals surface area contributed by atoms with Gasteiger partial charge in [0, 0.05) is 36.9 Å². The summed E-state index contributed by atoms with van der Waals surface area (Å²) in [6, 6.07) is 10.0. The van der Waals surface area contributed by atoms with Gasteiger partial charge in [0.2, 0.25) is 0 Å². The number of aromatic amines is 1. The van der Waals surface area contributed by atoms with Gasteiger partial charge in [-0.1, -0.05) is 12.1 Å². The standard InChI is InChI=1S/C22H24N6O2/c1-13-25-20-21(28(13)11-14-4-6-15(30-3)7-5-14)26-18(10-24-20)17-12-27(2)22(29)19-16(17)8-9-23-19/h4-9,12,18,23-24,26H,10-11H2,1-3H3. The molecule has 30 heavy (non-hydrogen) atoms. The van der Waals surface area contributed by atoms with E-state index in [-0.39, 0.29) is 11.6 Å². The van der Waals surface area contributed by atoms with Gasteiger partial charge in [-0.3, -0.25) is 4.79 Å². The molecule has 0 radical (unpaired) electrons. The Kier molecular flexibility index (Phi) is 4.27. The fourth-order valence-electron chi connectivity index (χ4n) is 4.12. The monoisotopic (exact) mass is 404 g/mol. The molecule has 0 saturated carbocycles. The number of imidazole rings is 1. The molecule has 1 aromatic carbocycles. The van der Waals surface area contributed by atoms with Crippen LogP contribution < -0.4 is 20.9 Å². The first-order valence-corrected chi connectivity index (χ1v) is 9.92. The molecule has 5 rings (SSSR count). The molecule has 1 atom stereocenters. The fourth-order valence-corrected chi connectivity index (χ4v) is 4.12. The molecule has 1 aliphatic heterocycles. The molecular weight excluding hydrogens is 380 g/mol. The lowest BCUT2D eigenvalue weighted by molar-refractivity contribution is 0.414. The van der Waals surface area contributed by atoms with Gasteiger partial charge in [-0.15, -0.1) is 0 Å². The first-order chi connectivity index (χ1) is 14.5. The fraction of sp³-hybridized carbons (Fsp3) is 0.273. The number of H-pyrrole nitrogens is 1. The van der Waals surface area contributed by atoms with Crippen molar-refractivity contribution in [2.75, 3.05) is 24.3 Å². The molecule has 1 aliphatic rings. The van der Waals surface area contributed by atoms with Crippen molar-refractivity contribution < 1.29 is 4.74 Å². The van der Waals surface area contributed by atoms with E-state index in [9.17, 15) is 4.79 Å². The van der Waals surface area contributed by atoms with E-state index in [0.29, 0.717) is 18.6 Å². The molecule has 0 spiro atoms. The van der Waals surface area contributed by atoms with Crippen LogP contribution in [-0.2, 0) is 13.6 Å². The Balaban J connectivity index is 1.50. The molecule has 8 heteroatoms. The zero-order valence-electron chi connectivity index (χ0n) is 17.2. The summed E-state index contributed by atoms with van der Waals surface area (Å²) < 4.78 is 9.06. The first-order valence-electron chi connectivity index (χ1n) is 9.92. The third kappa shape index (κ3) is 2.92. The van der Waals surface area contributed by atoms with Gasteiger partial charge in [-0.25, -0.2) is 4.98 Å². The molecule has 0 fully saturated rings. The van der Waals surface area contributed by atoms with Crippen LogP contribution in [-0.4, -0.2) is 32.8 Å². The smallest absolute Gasteiger partial charge is 0.274 e. The minimum absolute atomic E-state index is 0.00770. The van der Waals surface area contributed by atoms with Crippen LogP contribution in [0.4, 0.5) is 11.6 Å². The predicted molar refractivity (Wildman–Crippen MR) is 117 cm³/mol. The topological polar surface area (TPSA) is 88.9 Å². The summed E-state index contributed by atoms with van der Waals surface area (Å²) in [5.74, 6) is 3.58. The van der Waals surface area contributed by atoms with Gasteiger partial charge in [0.05, 0.1) is 19.7 Å². The van der Waals surface area contributed by atoms with E-state index in [0.717, 1.165) is 39.7 Å². The molecule has 0 aliphatic carbocycles. The first kappa shape index (κ1) is 18.4. The van der Waals surface area contributed by atoms with Crippen LogP contribution in [0.25, 0.3) is 10.9 Å². The van der Waals surface area contributed by atoms with E-state index in [1.165, 1.54) is 0 Å². The second kappa shape index (κ2) is 6.98. The average Bonchev–Trinajstić information content (AvgIpc) is 3.36. The third-order valence-corrected chi connectivity index (χ3v) is 5.74. The zero-order valence-corrected chi connectivity index (χ0v) is 17.2. The molecule has 0 bridgehead atoms. The number of nitrogens with zero attached hydrogens (tertiary/aromatic N) is 3. The number of aromatic nitrogens is 4. The highest BCUT2D eigenvalue weighted by Crippen LogP contribution is 2.34. The molecule has 3 aromatic heterocycles. The largest absolute Gasteiger partial charge is 0.497 e. The highest BCUT2D eigenvalue weighted by atomic mass is 16.5. The van der Waals surface area contributed by atoms with Crippen LogP contribution in [0, 0.1) is 6.92 Å². The summed E-state index contributed by atoms with van der Waals surface area (Å²) >= 11 is 0. The van der Waals surface area contributed by atoms with E-state index in [1.54, 1.807) is 18.7 Å². The van der Waals surface area contributed by atoms with Crippen molar-refractivity contribution in [2.24, 2.45) is 7.05 Å². The molecule has 8 nitrogen and oxygen atoms in total. The van der Waals surface area contributed by atoms with Gasteiger partial charge in [0.15, 0.2) is 11.6 Å². The van der Waals surface area contributed by atoms with Crippen LogP contribution in [0.3, 0.4) is 0 Å². The van der Waals surface area contributed by atoms with Crippen LogP contribution in [0.1, 0.15) is 23.0 Å². The lowest BCUT2D eigenvalue weighted by atomic mass is 10.0. The normalized spacial score (nSPS) is 15.5. The predicted octanol–water partition coefficient (Wildman–Crippen LogP) is 3.01. The quantitative estimate of drug-likeness (QED) is 0.487. The second-order valence-corrected chi connectivity index (χ2v) is 7.64. The van der Waals surface area contributed by atoms with Gasteiger partial charge in [0.1, 0.15) is 17.1 Å². The molecule has 154 valence electrons. The zero-order chi connectivity index (χ0) is 20.8. The van der Waals surface area contributed by atoms with Crippen LogP contribution >= 0.6 is 0 Å². The number of hydrogen-bond donors (Lipinski definition) is 3. The Hall–Kier alpha value is -3.68. The highest BCUT2D eigenvalue weighted by molar-refractivity contribution is 5.83. The van der Waals surface area contributed by atoms with Gasteiger partial charge in [-0.05, 0) is 30.7 Å². The number of benzene rings is 1. The maximum Gasteiger partial charge on any atom is 0.274 e. The Morgan fingerprint density at radius 2 is 2.03 bits per heavy atom. The number of nitrogens with one attached hydrogen (secondary N) is 3. The summed E-state index contributed by atoms with van der Waals surface area (Å²) in [5.41, 5.74) is 2.84. The number of hydrogen-bond acceptors (Lipinski definition) is 5. The Morgan fingerprint density at radius 3 is 2.80 bits per heavy atom. The number of ether oxygens (including phenoxy) is 1. The third-order valence-electron chi connectivity index (χ3n) is 5.74. The Bertz CT molecular complexity index is 1280. The highest BCUT2D eigenvalue weighted by Gasteiger charge is 2.26. The molecule has 4 heterocycles. The van der Waals surface area contributed by atoms with E-state index < -0.39 is 0 Å². The summed E-state index contributed by atoms with van der Waals surface area (Å²) in [6.45, 7) is 3.40. The maximum absolute atomic E-state index is 12.4. The summed E-state index contributed by atoms with van der Waals surface area (Å²) in [4.78, 5) is 20.2. The SMILES string of the molecule is COc1ccc(Cn2c(C)nc3c2NC(c2cn(C)c(=O)c4[nH]ccc24)CN3)cc1. The summed E-state index contributed by atoms with van der Waals surface area (Å²) in [6.07, 6.45) is 3.73. The van der Waals surface area contributed by atoms with Crippen molar-refractivity contribution in [3.63, 3.8) is 0 Å². The van der Waals surface area contributed by atoms with E-state index in [4.69, 9.17) is 9.72 Å². The van der Waals surface area contributed by atoms with E-state index in [1.807, 2.05) is 37.5 Å².